The summed E-state index contributed by atoms with van der Waals surface area (Å²) in [5.41, 5.74) is 1.86. The first-order valence-corrected chi connectivity index (χ1v) is 8.12. The Balaban J connectivity index is 2.66. The first-order chi connectivity index (χ1) is 7.06. The Labute approximate surface area is 118 Å². The molecule has 3 nitrogen and oxygen atoms in total. The van der Waals surface area contributed by atoms with Gasteiger partial charge in [0.05, 0.1) is 0 Å². The van der Waals surface area contributed by atoms with Crippen molar-refractivity contribution in [2.24, 2.45) is 4.99 Å². The predicted molar refractivity (Wildman–Crippen MR) is 58.5 cm³/mol. The molecule has 2 aromatic heterocycles. The second-order valence-electron chi connectivity index (χ2n) is 3.12. The predicted octanol–water partition coefficient (Wildman–Crippen LogP) is 1.11. The number of pyridine rings is 1. The number of hydrogen-bond acceptors (Lipinski definition) is 2. The monoisotopic (exact) mass is 591 g/mol. The van der Waals surface area contributed by atoms with Crippen LogP contribution in [-0.2, 0) is 0 Å². The molecule has 0 aliphatic carbocycles. The van der Waals surface area contributed by atoms with Crippen LogP contribution in [0.15, 0.2) is 23.5 Å². The average molecular weight is 590 g/mol. The van der Waals surface area contributed by atoms with Crippen molar-refractivity contribution in [3.8, 4) is 0 Å². The standard InChI is InChI=1S/C9H6FN3.2Pb/c1-6-4-13-5-7(11-2)3-8(10)9(13)12-6;;/h3-5H,1H3;;. The van der Waals surface area contributed by atoms with E-state index < -0.39 is 0 Å². The Morgan fingerprint density at radius 2 is 2.20 bits per heavy atom. The summed E-state index contributed by atoms with van der Waals surface area (Å²) in [7, 11) is 0. The molecule has 0 fully saturated rings. The number of halogens is 1. The van der Waals surface area contributed by atoms with Crippen molar-refractivity contribution in [3.05, 3.63) is 30.0 Å². The van der Waals surface area contributed by atoms with Crippen LogP contribution >= 0.6 is 0 Å². The number of nitrogens with zero attached hydrogens (tertiary/aromatic N) is 3. The molecule has 0 saturated carbocycles. The van der Waals surface area contributed by atoms with E-state index in [1.165, 1.54) is 6.90 Å². The number of aromatic nitrogens is 2. The van der Waals surface area contributed by atoms with Crippen molar-refractivity contribution in [2.45, 2.75) is 6.92 Å². The Kier molecular flexibility index (Phi) is 3.53. The maximum atomic E-state index is 13.6. The molecule has 0 atom stereocenters. The second-order valence-corrected chi connectivity index (χ2v) is 14.4. The van der Waals surface area contributed by atoms with Gasteiger partial charge in [-0.25, -0.2) is 0 Å². The van der Waals surface area contributed by atoms with Gasteiger partial charge >= 0.3 is 119 Å². The van der Waals surface area contributed by atoms with Crippen molar-refractivity contribution in [3.63, 3.8) is 0 Å². The summed E-state index contributed by atoms with van der Waals surface area (Å²) in [6.45, 7) is 1.85. The molecular formula is C9H6FN3Pb2. The van der Waals surface area contributed by atoms with Gasteiger partial charge in [0.2, 0.25) is 0 Å². The molecule has 0 N–H and O–H groups in total. The van der Waals surface area contributed by atoms with E-state index in [0.717, 1.165) is 57.2 Å². The Morgan fingerprint density at radius 3 is 2.87 bits per heavy atom. The quantitative estimate of drug-likeness (QED) is 0.362. The molecule has 0 aliphatic heterocycles. The normalized spacial score (nSPS) is 10.7. The second kappa shape index (κ2) is 4.56. The van der Waals surface area contributed by atoms with Gasteiger partial charge in [-0.15, -0.1) is 0 Å². The molecule has 2 rings (SSSR count). The van der Waals surface area contributed by atoms with Gasteiger partial charge in [0.15, 0.2) is 0 Å². The molecule has 0 spiro atoms. The third-order valence-electron chi connectivity index (χ3n) is 1.85. The minimum absolute atomic E-state index is 0.311. The Hall–Kier alpha value is 0.134. The molecule has 72 valence electrons. The molecule has 0 amide bonds. The zero-order valence-electron chi connectivity index (χ0n) is 7.95. The first kappa shape index (κ1) is 11.6. The van der Waals surface area contributed by atoms with E-state index in [0.29, 0.717) is 11.3 Å². The number of hydrogen-bond donors (Lipinski definition) is 0. The molecule has 6 heteroatoms. The Bertz CT molecular complexity index is 544. The van der Waals surface area contributed by atoms with Crippen molar-refractivity contribution in [1.29, 1.82) is 0 Å². The van der Waals surface area contributed by atoms with Crippen molar-refractivity contribution in [2.75, 3.05) is 0 Å². The van der Waals surface area contributed by atoms with Crippen LogP contribution in [0.5, 0.6) is 0 Å². The van der Waals surface area contributed by atoms with E-state index in [9.17, 15) is 4.39 Å². The average Bonchev–Trinajstić information content (AvgIpc) is 2.44. The van der Waals surface area contributed by atoms with E-state index in [1.54, 1.807) is 10.6 Å². The van der Waals surface area contributed by atoms with Crippen LogP contribution in [0.3, 0.4) is 0 Å². The summed E-state index contributed by atoms with van der Waals surface area (Å²) in [4.78, 5) is 8.42. The molecule has 0 bridgehead atoms. The fourth-order valence-electron chi connectivity index (χ4n) is 1.36. The van der Waals surface area contributed by atoms with Crippen molar-refractivity contribution in [1.82, 2.24) is 9.38 Å². The molecular weight excluding hydrogens is 584 g/mol. The van der Waals surface area contributed by atoms with Gasteiger partial charge in [0.1, 0.15) is 0 Å². The van der Waals surface area contributed by atoms with Crippen molar-refractivity contribution >= 4 is 63.7 Å². The molecule has 0 aromatic carbocycles. The van der Waals surface area contributed by atoms with Gasteiger partial charge in [-0.3, -0.25) is 0 Å². The van der Waals surface area contributed by atoms with Gasteiger partial charge in [-0.05, 0) is 0 Å². The van der Waals surface area contributed by atoms with Gasteiger partial charge in [0.25, 0.3) is 0 Å². The first-order valence-electron chi connectivity index (χ1n) is 4.23. The number of rotatable bonds is 1. The van der Waals surface area contributed by atoms with E-state index in [1.807, 2.05) is 13.1 Å². The summed E-state index contributed by atoms with van der Waals surface area (Å²) in [6.07, 6.45) is 3.62. The van der Waals surface area contributed by atoms with Crippen LogP contribution in [0.1, 0.15) is 5.69 Å². The van der Waals surface area contributed by atoms with Gasteiger partial charge in [-0.1, -0.05) is 0 Å². The topological polar surface area (TPSA) is 29.7 Å². The van der Waals surface area contributed by atoms with Crippen LogP contribution in [0.4, 0.5) is 10.1 Å². The van der Waals surface area contributed by atoms with Crippen LogP contribution < -0.4 is 0 Å². The number of fused-ring (bicyclic) bond motifs is 1. The Morgan fingerprint density at radius 1 is 1.47 bits per heavy atom. The van der Waals surface area contributed by atoms with Gasteiger partial charge in [-0.2, -0.15) is 0 Å². The third kappa shape index (κ3) is 2.63. The third-order valence-corrected chi connectivity index (χ3v) is 2.72. The maximum absolute atomic E-state index is 13.6. The SMILES string of the molecule is Cc1cn2cc(N=[C]([Pb])[Pb])cc(F)c2n1. The summed E-state index contributed by atoms with van der Waals surface area (Å²) in [5.74, 6) is -0.311. The zero-order chi connectivity index (χ0) is 11.0. The molecule has 0 unspecified atom stereocenters. The molecule has 0 aliphatic rings. The summed E-state index contributed by atoms with van der Waals surface area (Å²) in [6, 6.07) is 1.44. The fourth-order valence-corrected chi connectivity index (χ4v) is 2.36. The molecule has 0 saturated heterocycles. The summed E-state index contributed by atoms with van der Waals surface area (Å²) in [5, 5.41) is 0. The summed E-state index contributed by atoms with van der Waals surface area (Å²) < 4.78 is 16.4. The van der Waals surface area contributed by atoms with E-state index in [4.69, 9.17) is 0 Å². The van der Waals surface area contributed by atoms with Crippen LogP contribution in [-0.4, -0.2) is 61.7 Å². The van der Waals surface area contributed by atoms with E-state index in [2.05, 4.69) is 9.98 Å². The van der Waals surface area contributed by atoms with Gasteiger partial charge in [0, 0.05) is 0 Å². The van der Waals surface area contributed by atoms with E-state index in [-0.39, 0.29) is 5.82 Å². The fraction of sp³-hybridized carbons (Fsp3) is 0.111. The van der Waals surface area contributed by atoms with E-state index >= 15 is 0 Å². The van der Waals surface area contributed by atoms with Gasteiger partial charge < -0.3 is 0 Å². The van der Waals surface area contributed by atoms with Crippen LogP contribution in [0.25, 0.3) is 5.65 Å². The number of aryl methyl sites for hydroxylation is 1. The molecule has 2 heterocycles. The van der Waals surface area contributed by atoms with Crippen molar-refractivity contribution < 1.29 is 4.39 Å². The minimum atomic E-state index is -0.311. The number of imidazole rings is 1. The summed E-state index contributed by atoms with van der Waals surface area (Å²) >= 11 is 1.90. The van der Waals surface area contributed by atoms with Crippen LogP contribution in [0, 0.1) is 12.7 Å². The molecule has 15 heavy (non-hydrogen) atoms. The molecule has 2 aromatic rings. The number of aliphatic imine (C=N–C) groups is 1. The zero-order valence-corrected chi connectivity index (χ0v) is 15.7. The van der Waals surface area contributed by atoms with Crippen LogP contribution in [0.2, 0.25) is 0 Å². The molecule has 6 radical (unpaired) electrons.